The molecule has 1 heterocycles. The van der Waals surface area contributed by atoms with E-state index in [0.29, 0.717) is 5.75 Å². The van der Waals surface area contributed by atoms with Crippen LogP contribution >= 0.6 is 0 Å². The van der Waals surface area contributed by atoms with Crippen LogP contribution in [0.5, 0.6) is 11.5 Å². The molecule has 2 aromatic rings. The van der Waals surface area contributed by atoms with Crippen LogP contribution in [0.2, 0.25) is 0 Å². The van der Waals surface area contributed by atoms with E-state index >= 15 is 0 Å². The van der Waals surface area contributed by atoms with Gasteiger partial charge in [-0.15, -0.1) is 0 Å². The molecular weight excluding hydrogens is 546 g/mol. The van der Waals surface area contributed by atoms with E-state index in [0.717, 1.165) is 26.0 Å². The Morgan fingerprint density at radius 1 is 1.00 bits per heavy atom. The van der Waals surface area contributed by atoms with Crippen molar-refractivity contribution < 1.29 is 50.5 Å². The van der Waals surface area contributed by atoms with Crippen LogP contribution in [0.4, 0.5) is 26.3 Å². The molecule has 0 spiro atoms. The minimum Gasteiger partial charge on any atom is -0.495 e. The molecule has 1 amide bonds. The molecule has 40 heavy (non-hydrogen) atoms. The number of hydrogen-bond acceptors (Lipinski definition) is 6. The quantitative estimate of drug-likeness (QED) is 0.194. The smallest absolute Gasteiger partial charge is 0.398 e. The summed E-state index contributed by atoms with van der Waals surface area (Å²) in [6.07, 6.45) is -10.0. The fourth-order valence-corrected chi connectivity index (χ4v) is 3.82. The summed E-state index contributed by atoms with van der Waals surface area (Å²) in [6, 6.07) is 7.63. The molecule has 0 bridgehead atoms. The second kappa shape index (κ2) is 13.6. The largest absolute Gasteiger partial charge is 0.495 e. The van der Waals surface area contributed by atoms with Crippen molar-refractivity contribution in [2.75, 3.05) is 26.9 Å². The van der Waals surface area contributed by atoms with E-state index in [1.165, 1.54) is 37.6 Å². The first kappa shape index (κ1) is 32.6. The van der Waals surface area contributed by atoms with Gasteiger partial charge in [-0.1, -0.05) is 12.1 Å². The number of ether oxygens (including phenoxy) is 2. The average Bonchev–Trinajstić information content (AvgIpc) is 2.89. The van der Waals surface area contributed by atoms with Crippen LogP contribution in [-0.2, 0) is 15.0 Å². The number of ketones is 1. The van der Waals surface area contributed by atoms with Crippen molar-refractivity contribution in [2.24, 2.45) is 0 Å². The first-order valence-electron chi connectivity index (χ1n) is 12.1. The minimum atomic E-state index is -4.84. The zero-order chi connectivity index (χ0) is 30.1. The van der Waals surface area contributed by atoms with Gasteiger partial charge < -0.3 is 19.9 Å². The fraction of sp³-hybridized carbons (Fsp3) is 0.444. The van der Waals surface area contributed by atoms with Crippen molar-refractivity contribution >= 4 is 17.3 Å². The van der Waals surface area contributed by atoms with E-state index in [1.54, 1.807) is 0 Å². The van der Waals surface area contributed by atoms with Crippen molar-refractivity contribution in [3.8, 4) is 11.5 Å². The van der Waals surface area contributed by atoms with Gasteiger partial charge in [-0.2, -0.15) is 26.3 Å². The molecule has 1 aromatic heterocycles. The molecule has 0 fully saturated rings. The lowest BCUT2D eigenvalue weighted by Crippen LogP contribution is -2.40. The minimum absolute atomic E-state index is 0.0457. The van der Waals surface area contributed by atoms with E-state index in [9.17, 15) is 35.9 Å². The van der Waals surface area contributed by atoms with Crippen LogP contribution in [0.3, 0.4) is 0 Å². The Morgan fingerprint density at radius 3 is 2.10 bits per heavy atom. The number of amides is 1. The Kier molecular flexibility index (Phi) is 11.1. The molecule has 2 N–H and O–H groups in total. The lowest BCUT2D eigenvalue weighted by atomic mass is 9.74. The first-order chi connectivity index (χ1) is 18.6. The number of allylic oxidation sites excluding steroid dienone is 1. The first-order valence-corrected chi connectivity index (χ1v) is 12.1. The van der Waals surface area contributed by atoms with Gasteiger partial charge in [0.2, 0.25) is 5.91 Å². The molecule has 0 aliphatic rings. The summed E-state index contributed by atoms with van der Waals surface area (Å²) in [5.74, 6) is -1.02. The number of aromatic nitrogens is 1. The number of nitrogens with one attached hydrogen (secondary N) is 1. The Hall–Kier alpha value is -3.61. The van der Waals surface area contributed by atoms with Gasteiger partial charge in [-0.25, -0.2) is 0 Å². The highest BCUT2D eigenvalue weighted by atomic mass is 19.4. The number of hydrogen-bond donors (Lipinski definition) is 2. The summed E-state index contributed by atoms with van der Waals surface area (Å²) in [5, 5.41) is 11.3. The summed E-state index contributed by atoms with van der Waals surface area (Å²) in [4.78, 5) is 28.4. The number of halogens is 6. The Bertz CT molecular complexity index is 1180. The number of carbonyl (C=O) groups is 2. The van der Waals surface area contributed by atoms with Crippen molar-refractivity contribution in [1.82, 2.24) is 10.3 Å². The normalized spacial score (nSPS) is 14.2. The number of carbonyl (C=O) groups excluding carboxylic acids is 2. The SMILES string of the molecule is COc1ccc(/C(C[C@](C)(c2ccc(OCCCC(F)(F)F)cc2)C(F)(F)F)=C(\CNC(=O)CO)C(C)=O)nc1. The lowest BCUT2D eigenvalue weighted by molar-refractivity contribution is -0.184. The van der Waals surface area contributed by atoms with Crippen LogP contribution in [0, 0.1) is 0 Å². The van der Waals surface area contributed by atoms with Crippen LogP contribution in [-0.4, -0.2) is 61.0 Å². The third-order valence-electron chi connectivity index (χ3n) is 6.20. The lowest BCUT2D eigenvalue weighted by Gasteiger charge is -2.34. The molecule has 0 radical (unpaired) electrons. The summed E-state index contributed by atoms with van der Waals surface area (Å²) in [7, 11) is 1.38. The van der Waals surface area contributed by atoms with E-state index in [-0.39, 0.29) is 41.2 Å². The third kappa shape index (κ3) is 8.97. The van der Waals surface area contributed by atoms with Gasteiger partial charge in [0.1, 0.15) is 18.1 Å². The number of alkyl halides is 6. The topological polar surface area (TPSA) is 97.8 Å². The maximum absolute atomic E-state index is 14.7. The standard InChI is InChI=1S/C27H30F6N2O5/c1-17(37)22(15-35-24(38)16-36)21(23-10-9-20(39-3)14-34-23)13-25(2,27(31,32)33)18-5-7-19(8-6-18)40-12-4-11-26(28,29)30/h5-10,14,36H,4,11-13,15-16H2,1-3H3,(H,35,38)/b22-21+/t25-/m1/s1. The van der Waals surface area contributed by atoms with Crippen molar-refractivity contribution in [3.63, 3.8) is 0 Å². The molecule has 0 unspecified atom stereocenters. The number of benzene rings is 1. The number of aliphatic hydroxyl groups excluding tert-OH is 1. The zero-order valence-electron chi connectivity index (χ0n) is 22.1. The maximum atomic E-state index is 14.7. The predicted molar refractivity (Wildman–Crippen MR) is 134 cm³/mol. The van der Waals surface area contributed by atoms with E-state index in [1.807, 2.05) is 0 Å². The van der Waals surface area contributed by atoms with Gasteiger partial charge in [0, 0.05) is 18.5 Å². The van der Waals surface area contributed by atoms with Gasteiger partial charge >= 0.3 is 12.4 Å². The second-order valence-corrected chi connectivity index (χ2v) is 9.13. The summed E-state index contributed by atoms with van der Waals surface area (Å²) in [5.41, 5.74) is -2.94. The Morgan fingerprint density at radius 2 is 1.62 bits per heavy atom. The van der Waals surface area contributed by atoms with Gasteiger partial charge in [0.15, 0.2) is 5.78 Å². The molecule has 1 atom stereocenters. The highest BCUT2D eigenvalue weighted by Gasteiger charge is 2.53. The second-order valence-electron chi connectivity index (χ2n) is 9.13. The number of rotatable bonds is 13. The van der Waals surface area contributed by atoms with Crippen molar-refractivity contribution in [2.45, 2.75) is 50.9 Å². The van der Waals surface area contributed by atoms with Gasteiger partial charge in [0.25, 0.3) is 0 Å². The number of aliphatic hydroxyl groups is 1. The highest BCUT2D eigenvalue weighted by Crippen LogP contribution is 2.47. The molecular formula is C27H30F6N2O5. The van der Waals surface area contributed by atoms with Crippen molar-refractivity contribution in [1.29, 1.82) is 0 Å². The average molecular weight is 577 g/mol. The maximum Gasteiger partial charge on any atom is 0.398 e. The monoisotopic (exact) mass is 576 g/mol. The molecule has 0 aliphatic carbocycles. The number of Topliss-reactive ketones (excluding diaryl/α,β-unsaturated/α-hetero) is 1. The molecule has 2 rings (SSSR count). The fourth-order valence-electron chi connectivity index (χ4n) is 3.82. The number of methoxy groups -OCH3 is 1. The van der Waals surface area contributed by atoms with E-state index < -0.39 is 55.5 Å². The molecule has 220 valence electrons. The van der Waals surface area contributed by atoms with E-state index in [2.05, 4.69) is 10.3 Å². The molecule has 0 saturated heterocycles. The number of nitrogens with zero attached hydrogens (tertiary/aromatic N) is 1. The van der Waals surface area contributed by atoms with Gasteiger partial charge in [0.05, 0.1) is 31.0 Å². The third-order valence-corrected chi connectivity index (χ3v) is 6.20. The molecule has 1 aromatic carbocycles. The zero-order valence-corrected chi connectivity index (χ0v) is 22.1. The molecule has 0 saturated carbocycles. The Balaban J connectivity index is 2.51. The van der Waals surface area contributed by atoms with Crippen molar-refractivity contribution in [3.05, 3.63) is 59.4 Å². The molecule has 0 aliphatic heterocycles. The van der Waals surface area contributed by atoms with E-state index in [4.69, 9.17) is 14.6 Å². The van der Waals surface area contributed by atoms with Crippen LogP contribution < -0.4 is 14.8 Å². The van der Waals surface area contributed by atoms with Crippen LogP contribution in [0.1, 0.15) is 44.4 Å². The summed E-state index contributed by atoms with van der Waals surface area (Å²) in [6.45, 7) is 0.481. The molecule has 13 heteroatoms. The van der Waals surface area contributed by atoms with Gasteiger partial charge in [-0.3, -0.25) is 14.6 Å². The summed E-state index contributed by atoms with van der Waals surface area (Å²) >= 11 is 0. The number of pyridine rings is 1. The van der Waals surface area contributed by atoms with Crippen LogP contribution in [0.15, 0.2) is 48.2 Å². The predicted octanol–water partition coefficient (Wildman–Crippen LogP) is 5.17. The Labute approximate surface area is 227 Å². The highest BCUT2D eigenvalue weighted by molar-refractivity contribution is 6.02. The molecule has 7 nitrogen and oxygen atoms in total. The van der Waals surface area contributed by atoms with Crippen LogP contribution in [0.25, 0.3) is 5.57 Å². The van der Waals surface area contributed by atoms with Gasteiger partial charge in [-0.05, 0) is 62.1 Å². The summed E-state index contributed by atoms with van der Waals surface area (Å²) < 4.78 is 91.4.